The molecule has 0 fully saturated rings. The van der Waals surface area contributed by atoms with Gasteiger partial charge >= 0.3 is 0 Å². The standard InChI is InChI=1S/C20H23N3O6/c1-11-6-7-13(8-15(11)21-12(2)24)19(25)22-23-20(26)14-9-16(27-3)18(29-5)17(10-14)28-4/h6-10H,1-5H3,(H,21,24)(H,22,25)(H,23,26). The number of carbonyl (C=O) groups excluding carboxylic acids is 3. The molecule has 0 radical (unpaired) electrons. The van der Waals surface area contributed by atoms with Crippen molar-refractivity contribution >= 4 is 23.4 Å². The highest BCUT2D eigenvalue weighted by molar-refractivity contribution is 6.00. The lowest BCUT2D eigenvalue weighted by molar-refractivity contribution is -0.114. The van der Waals surface area contributed by atoms with Crippen molar-refractivity contribution in [2.24, 2.45) is 0 Å². The van der Waals surface area contributed by atoms with Gasteiger partial charge in [0.25, 0.3) is 11.8 Å². The summed E-state index contributed by atoms with van der Waals surface area (Å²) in [5, 5.41) is 2.65. The molecule has 9 nitrogen and oxygen atoms in total. The van der Waals surface area contributed by atoms with Gasteiger partial charge in [-0.15, -0.1) is 0 Å². The summed E-state index contributed by atoms with van der Waals surface area (Å²) in [5.41, 5.74) is 6.45. The van der Waals surface area contributed by atoms with Gasteiger partial charge in [0.2, 0.25) is 11.7 Å². The predicted octanol–water partition coefficient (Wildman–Crippen LogP) is 2.05. The van der Waals surface area contributed by atoms with E-state index in [0.717, 1.165) is 5.56 Å². The number of hydrogen-bond acceptors (Lipinski definition) is 6. The van der Waals surface area contributed by atoms with Crippen LogP contribution in [0.1, 0.15) is 33.2 Å². The van der Waals surface area contributed by atoms with Crippen molar-refractivity contribution in [3.63, 3.8) is 0 Å². The quantitative estimate of drug-likeness (QED) is 0.638. The number of amides is 3. The fourth-order valence-corrected chi connectivity index (χ4v) is 2.56. The van der Waals surface area contributed by atoms with E-state index < -0.39 is 11.8 Å². The third kappa shape index (κ3) is 5.16. The average Bonchev–Trinajstić information content (AvgIpc) is 2.71. The van der Waals surface area contributed by atoms with E-state index in [1.165, 1.54) is 46.5 Å². The fourth-order valence-electron chi connectivity index (χ4n) is 2.56. The number of carbonyl (C=O) groups is 3. The Morgan fingerprint density at radius 1 is 0.793 bits per heavy atom. The Morgan fingerprint density at radius 2 is 1.34 bits per heavy atom. The first-order chi connectivity index (χ1) is 13.8. The summed E-state index contributed by atoms with van der Waals surface area (Å²) in [6.07, 6.45) is 0. The highest BCUT2D eigenvalue weighted by Crippen LogP contribution is 2.38. The Bertz CT molecular complexity index is 917. The number of ether oxygens (including phenoxy) is 3. The second-order valence-electron chi connectivity index (χ2n) is 6.03. The van der Waals surface area contributed by atoms with Crippen LogP contribution in [0.3, 0.4) is 0 Å². The molecule has 0 saturated heterocycles. The molecule has 3 N–H and O–H groups in total. The Labute approximate surface area is 168 Å². The van der Waals surface area contributed by atoms with Crippen molar-refractivity contribution < 1.29 is 28.6 Å². The van der Waals surface area contributed by atoms with Crippen molar-refractivity contribution in [2.45, 2.75) is 13.8 Å². The lowest BCUT2D eigenvalue weighted by Crippen LogP contribution is -2.41. The molecule has 0 spiro atoms. The monoisotopic (exact) mass is 401 g/mol. The minimum atomic E-state index is -0.577. The Morgan fingerprint density at radius 3 is 1.83 bits per heavy atom. The number of hydrazine groups is 1. The van der Waals surface area contributed by atoms with Crippen LogP contribution in [-0.2, 0) is 4.79 Å². The van der Waals surface area contributed by atoms with Gasteiger partial charge in [-0.1, -0.05) is 6.07 Å². The maximum absolute atomic E-state index is 12.4. The number of nitrogens with one attached hydrogen (secondary N) is 3. The number of methoxy groups -OCH3 is 3. The van der Waals surface area contributed by atoms with Crippen LogP contribution in [0.25, 0.3) is 0 Å². The molecular weight excluding hydrogens is 378 g/mol. The molecule has 0 aliphatic carbocycles. The molecule has 2 aromatic carbocycles. The minimum Gasteiger partial charge on any atom is -0.493 e. The van der Waals surface area contributed by atoms with Crippen LogP contribution in [0, 0.1) is 6.92 Å². The van der Waals surface area contributed by atoms with Crippen molar-refractivity contribution in [3.05, 3.63) is 47.0 Å². The number of anilines is 1. The zero-order chi connectivity index (χ0) is 21.6. The third-order valence-corrected chi connectivity index (χ3v) is 4.03. The molecule has 0 aliphatic rings. The molecule has 0 atom stereocenters. The predicted molar refractivity (Wildman–Crippen MR) is 107 cm³/mol. The van der Waals surface area contributed by atoms with E-state index in [-0.39, 0.29) is 17.0 Å². The summed E-state index contributed by atoms with van der Waals surface area (Å²) in [7, 11) is 4.33. The van der Waals surface area contributed by atoms with Gasteiger partial charge in [0, 0.05) is 23.7 Å². The molecule has 0 unspecified atom stereocenters. The lowest BCUT2D eigenvalue weighted by Gasteiger charge is -2.14. The minimum absolute atomic E-state index is 0.197. The maximum atomic E-state index is 12.4. The first-order valence-corrected chi connectivity index (χ1v) is 8.59. The van der Waals surface area contributed by atoms with Gasteiger partial charge in [-0.25, -0.2) is 0 Å². The van der Waals surface area contributed by atoms with E-state index in [4.69, 9.17) is 14.2 Å². The van der Waals surface area contributed by atoms with Gasteiger partial charge in [-0.2, -0.15) is 0 Å². The van der Waals surface area contributed by atoms with Crippen LogP contribution in [0.15, 0.2) is 30.3 Å². The number of rotatable bonds is 6. The van der Waals surface area contributed by atoms with E-state index in [1.807, 2.05) is 0 Å². The Hall–Kier alpha value is -3.75. The lowest BCUT2D eigenvalue weighted by atomic mass is 10.1. The van der Waals surface area contributed by atoms with Crippen LogP contribution in [0.5, 0.6) is 17.2 Å². The van der Waals surface area contributed by atoms with Crippen LogP contribution in [-0.4, -0.2) is 39.1 Å². The Kier molecular flexibility index (Phi) is 7.02. The van der Waals surface area contributed by atoms with E-state index in [9.17, 15) is 14.4 Å². The zero-order valence-electron chi connectivity index (χ0n) is 16.8. The van der Waals surface area contributed by atoms with Gasteiger partial charge in [0.05, 0.1) is 21.3 Å². The van der Waals surface area contributed by atoms with Crippen molar-refractivity contribution in [1.82, 2.24) is 10.9 Å². The van der Waals surface area contributed by atoms with Gasteiger partial charge in [0.1, 0.15) is 0 Å². The van der Waals surface area contributed by atoms with Crippen molar-refractivity contribution in [1.29, 1.82) is 0 Å². The fraction of sp³-hybridized carbons (Fsp3) is 0.250. The van der Waals surface area contributed by atoms with Gasteiger partial charge in [-0.3, -0.25) is 25.2 Å². The molecule has 0 aliphatic heterocycles. The average molecular weight is 401 g/mol. The Balaban J connectivity index is 2.15. The summed E-state index contributed by atoms with van der Waals surface area (Å²) in [4.78, 5) is 36.1. The van der Waals surface area contributed by atoms with Crippen molar-refractivity contribution in [2.75, 3.05) is 26.6 Å². The zero-order valence-corrected chi connectivity index (χ0v) is 16.8. The third-order valence-electron chi connectivity index (χ3n) is 4.03. The highest BCUT2D eigenvalue weighted by atomic mass is 16.5. The summed E-state index contributed by atoms with van der Waals surface area (Å²) in [6.45, 7) is 3.18. The first-order valence-electron chi connectivity index (χ1n) is 8.59. The molecule has 9 heteroatoms. The van der Waals surface area contributed by atoms with Crippen LogP contribution in [0.2, 0.25) is 0 Å². The number of benzene rings is 2. The summed E-state index contributed by atoms with van der Waals surface area (Å²) in [5.74, 6) is -0.407. The van der Waals surface area contributed by atoms with Crippen molar-refractivity contribution in [3.8, 4) is 17.2 Å². The smallest absolute Gasteiger partial charge is 0.269 e. The van der Waals surface area contributed by atoms with Crippen LogP contribution >= 0.6 is 0 Å². The van der Waals surface area contributed by atoms with Gasteiger partial charge < -0.3 is 19.5 Å². The molecule has 2 aromatic rings. The molecule has 3 amide bonds. The van der Waals surface area contributed by atoms with E-state index in [0.29, 0.717) is 22.9 Å². The SMILES string of the molecule is COc1cc(C(=O)NNC(=O)c2ccc(C)c(NC(C)=O)c2)cc(OC)c1OC. The maximum Gasteiger partial charge on any atom is 0.269 e. The second-order valence-corrected chi connectivity index (χ2v) is 6.03. The van der Waals surface area contributed by atoms with E-state index in [2.05, 4.69) is 16.2 Å². The van der Waals surface area contributed by atoms with Gasteiger partial charge in [0.15, 0.2) is 11.5 Å². The molecule has 0 aromatic heterocycles. The molecule has 2 rings (SSSR count). The van der Waals surface area contributed by atoms with Gasteiger partial charge in [-0.05, 0) is 36.8 Å². The largest absolute Gasteiger partial charge is 0.493 e. The second kappa shape index (κ2) is 9.45. The molecule has 154 valence electrons. The topological polar surface area (TPSA) is 115 Å². The van der Waals surface area contributed by atoms with Crippen LogP contribution < -0.4 is 30.4 Å². The molecule has 29 heavy (non-hydrogen) atoms. The molecule has 0 saturated carbocycles. The molecule has 0 bridgehead atoms. The summed E-state index contributed by atoms with van der Waals surface area (Å²) < 4.78 is 15.6. The summed E-state index contributed by atoms with van der Waals surface area (Å²) in [6, 6.07) is 7.73. The normalized spacial score (nSPS) is 9.97. The number of aryl methyl sites for hydroxylation is 1. The highest BCUT2D eigenvalue weighted by Gasteiger charge is 2.18. The van der Waals surface area contributed by atoms with Crippen LogP contribution in [0.4, 0.5) is 5.69 Å². The van der Waals surface area contributed by atoms with E-state index in [1.54, 1.807) is 19.1 Å². The summed E-state index contributed by atoms with van der Waals surface area (Å²) >= 11 is 0. The molecule has 0 heterocycles. The first kappa shape index (κ1) is 21.5. The van der Waals surface area contributed by atoms with E-state index >= 15 is 0 Å². The number of hydrogen-bond donors (Lipinski definition) is 3. The molecular formula is C20H23N3O6.